The van der Waals surface area contributed by atoms with Crippen molar-refractivity contribution < 1.29 is 27.9 Å². The van der Waals surface area contributed by atoms with E-state index in [1.54, 1.807) is 18.2 Å². The molecule has 8 heteroatoms. The molecule has 1 amide bonds. The van der Waals surface area contributed by atoms with Gasteiger partial charge in [-0.15, -0.1) is 11.8 Å². The van der Waals surface area contributed by atoms with Crippen molar-refractivity contribution in [2.45, 2.75) is 4.90 Å². The molecule has 0 aromatic heterocycles. The molecular formula is C17H13F2NO4S. The van der Waals surface area contributed by atoms with Crippen molar-refractivity contribution in [2.75, 3.05) is 12.4 Å². The highest BCUT2D eigenvalue weighted by Gasteiger charge is 2.18. The second kappa shape index (κ2) is 8.39. The summed E-state index contributed by atoms with van der Waals surface area (Å²) in [5.74, 6) is -3.95. The largest absolute Gasteiger partial charge is 0.454 e. The topological polar surface area (TPSA) is 86.5 Å². The van der Waals surface area contributed by atoms with Crippen LogP contribution in [0.3, 0.4) is 0 Å². The maximum atomic E-state index is 13.5. The summed E-state index contributed by atoms with van der Waals surface area (Å²) < 4.78 is 31.5. The third-order valence-electron chi connectivity index (χ3n) is 3.04. The maximum absolute atomic E-state index is 13.5. The summed E-state index contributed by atoms with van der Waals surface area (Å²) in [6.45, 7) is -0.742. The van der Waals surface area contributed by atoms with Gasteiger partial charge in [-0.05, 0) is 30.3 Å². The van der Waals surface area contributed by atoms with Crippen molar-refractivity contribution in [2.24, 2.45) is 5.73 Å². The Kier molecular flexibility index (Phi) is 6.24. The van der Waals surface area contributed by atoms with Crippen molar-refractivity contribution in [3.05, 3.63) is 65.2 Å². The Morgan fingerprint density at radius 3 is 2.48 bits per heavy atom. The number of thioether (sulfide) groups is 1. The van der Waals surface area contributed by atoms with Gasteiger partial charge in [-0.1, -0.05) is 12.1 Å². The van der Waals surface area contributed by atoms with Crippen LogP contribution < -0.4 is 5.73 Å². The average Bonchev–Trinajstić information content (AvgIpc) is 2.59. The summed E-state index contributed by atoms with van der Waals surface area (Å²) in [4.78, 5) is 35.3. The summed E-state index contributed by atoms with van der Waals surface area (Å²) in [5, 5.41) is 0. The number of hydrogen-bond acceptors (Lipinski definition) is 5. The first-order chi connectivity index (χ1) is 11.9. The Labute approximate surface area is 146 Å². The van der Waals surface area contributed by atoms with Crippen molar-refractivity contribution in [1.29, 1.82) is 0 Å². The molecule has 0 fully saturated rings. The molecule has 2 aromatic rings. The third kappa shape index (κ3) is 5.12. The molecule has 0 radical (unpaired) electrons. The van der Waals surface area contributed by atoms with E-state index in [1.165, 1.54) is 6.07 Å². The van der Waals surface area contributed by atoms with Crippen LogP contribution in [-0.2, 0) is 9.53 Å². The lowest BCUT2D eigenvalue weighted by Crippen LogP contribution is -2.17. The number of ketones is 1. The molecule has 130 valence electrons. The van der Waals surface area contributed by atoms with Crippen molar-refractivity contribution in [1.82, 2.24) is 0 Å². The van der Waals surface area contributed by atoms with Crippen molar-refractivity contribution >= 4 is 29.4 Å². The van der Waals surface area contributed by atoms with E-state index in [4.69, 9.17) is 10.5 Å². The van der Waals surface area contributed by atoms with Gasteiger partial charge in [-0.2, -0.15) is 0 Å². The number of carbonyl (C=O) groups is 3. The lowest BCUT2D eigenvalue weighted by atomic mass is 10.1. The van der Waals surface area contributed by atoms with Crippen LogP contribution in [-0.4, -0.2) is 30.0 Å². The van der Waals surface area contributed by atoms with Crippen molar-refractivity contribution in [3.63, 3.8) is 0 Å². The zero-order valence-electron chi connectivity index (χ0n) is 12.8. The molecule has 0 spiro atoms. The highest BCUT2D eigenvalue weighted by Crippen LogP contribution is 2.23. The van der Waals surface area contributed by atoms with Gasteiger partial charge in [-0.3, -0.25) is 9.59 Å². The van der Waals surface area contributed by atoms with Crippen LogP contribution in [0.15, 0.2) is 47.4 Å². The number of hydrogen-bond donors (Lipinski definition) is 1. The Hall–Kier alpha value is -2.74. The molecule has 2 N–H and O–H groups in total. The summed E-state index contributed by atoms with van der Waals surface area (Å²) in [5.41, 5.74) is 4.71. The maximum Gasteiger partial charge on any atom is 0.339 e. The molecule has 0 aliphatic heterocycles. The van der Waals surface area contributed by atoms with E-state index in [-0.39, 0.29) is 11.3 Å². The van der Waals surface area contributed by atoms with Gasteiger partial charge in [0.15, 0.2) is 6.61 Å². The standard InChI is InChI=1S/C17H13F2NO4S/c18-10-5-6-13(19)12(7-10)14(21)8-24-17(23)11-3-1-2-4-15(11)25-9-16(20)22/h1-7H,8-9H2,(H2,20,22). The Morgan fingerprint density at radius 2 is 1.76 bits per heavy atom. The number of nitrogens with two attached hydrogens (primary N) is 1. The zero-order chi connectivity index (χ0) is 18.4. The van der Waals surface area contributed by atoms with Crippen LogP contribution in [0.25, 0.3) is 0 Å². The number of Topliss-reactive ketones (excluding diaryl/α,β-unsaturated/α-hetero) is 1. The number of carbonyl (C=O) groups excluding carboxylic acids is 3. The lowest BCUT2D eigenvalue weighted by Gasteiger charge is -2.09. The minimum Gasteiger partial charge on any atom is -0.454 e. The van der Waals surface area contributed by atoms with Gasteiger partial charge in [0.25, 0.3) is 0 Å². The number of benzene rings is 2. The molecule has 0 atom stereocenters. The van der Waals surface area contributed by atoms with Crippen LogP contribution in [0.4, 0.5) is 8.78 Å². The minimum absolute atomic E-state index is 0.0300. The molecule has 25 heavy (non-hydrogen) atoms. The Morgan fingerprint density at radius 1 is 1.04 bits per heavy atom. The number of halogens is 2. The Balaban J connectivity index is 2.06. The van der Waals surface area contributed by atoms with Gasteiger partial charge < -0.3 is 10.5 Å². The summed E-state index contributed by atoms with van der Waals surface area (Å²) >= 11 is 1.05. The molecule has 2 aromatic carbocycles. The fraction of sp³-hybridized carbons (Fsp3) is 0.118. The Bertz CT molecular complexity index is 826. The molecule has 5 nitrogen and oxygen atoms in total. The number of rotatable bonds is 7. The molecule has 0 unspecified atom stereocenters. The van der Waals surface area contributed by atoms with Gasteiger partial charge in [0.2, 0.25) is 11.7 Å². The van der Waals surface area contributed by atoms with Crippen LogP contribution >= 0.6 is 11.8 Å². The molecule has 2 rings (SSSR count). The second-order valence-corrected chi connectivity index (χ2v) is 5.89. The molecular weight excluding hydrogens is 352 g/mol. The van der Waals surface area contributed by atoms with E-state index in [9.17, 15) is 23.2 Å². The fourth-order valence-electron chi connectivity index (χ4n) is 1.91. The number of amides is 1. The van der Waals surface area contributed by atoms with E-state index in [0.29, 0.717) is 4.90 Å². The van der Waals surface area contributed by atoms with Gasteiger partial charge in [0, 0.05) is 4.90 Å². The van der Waals surface area contributed by atoms with Crippen LogP contribution in [0.1, 0.15) is 20.7 Å². The first-order valence-corrected chi connectivity index (χ1v) is 8.02. The van der Waals surface area contributed by atoms with Crippen LogP contribution in [0.2, 0.25) is 0 Å². The summed E-state index contributed by atoms with van der Waals surface area (Å²) in [7, 11) is 0. The fourth-order valence-corrected chi connectivity index (χ4v) is 2.69. The molecule has 0 aliphatic carbocycles. The summed E-state index contributed by atoms with van der Waals surface area (Å²) in [6.07, 6.45) is 0. The predicted molar refractivity (Wildman–Crippen MR) is 87.3 cm³/mol. The minimum atomic E-state index is -0.903. The number of primary amides is 1. The van der Waals surface area contributed by atoms with Gasteiger partial charge in [0.1, 0.15) is 11.6 Å². The van der Waals surface area contributed by atoms with E-state index < -0.39 is 41.5 Å². The molecule has 0 heterocycles. The third-order valence-corrected chi connectivity index (χ3v) is 4.14. The van der Waals surface area contributed by atoms with Gasteiger partial charge >= 0.3 is 5.97 Å². The smallest absolute Gasteiger partial charge is 0.339 e. The monoisotopic (exact) mass is 365 g/mol. The number of esters is 1. The molecule has 0 bridgehead atoms. The molecule has 0 saturated carbocycles. The normalized spacial score (nSPS) is 10.3. The lowest BCUT2D eigenvalue weighted by molar-refractivity contribution is -0.115. The van der Waals surface area contributed by atoms with Crippen LogP contribution in [0, 0.1) is 11.6 Å². The van der Waals surface area contributed by atoms with E-state index >= 15 is 0 Å². The first-order valence-electron chi connectivity index (χ1n) is 7.04. The quantitative estimate of drug-likeness (QED) is 0.463. The van der Waals surface area contributed by atoms with Gasteiger partial charge in [0.05, 0.1) is 16.9 Å². The van der Waals surface area contributed by atoms with E-state index in [2.05, 4.69) is 0 Å². The highest BCUT2D eigenvalue weighted by molar-refractivity contribution is 8.00. The van der Waals surface area contributed by atoms with Crippen molar-refractivity contribution in [3.8, 4) is 0 Å². The molecule has 0 saturated heterocycles. The predicted octanol–water partition coefficient (Wildman–Crippen LogP) is 2.58. The summed E-state index contributed by atoms with van der Waals surface area (Å²) in [6, 6.07) is 8.73. The average molecular weight is 365 g/mol. The second-order valence-electron chi connectivity index (χ2n) is 4.87. The van der Waals surface area contributed by atoms with Crippen LogP contribution in [0.5, 0.6) is 0 Å². The molecule has 0 aliphatic rings. The van der Waals surface area contributed by atoms with E-state index in [0.717, 1.165) is 30.0 Å². The van der Waals surface area contributed by atoms with Gasteiger partial charge in [-0.25, -0.2) is 13.6 Å². The zero-order valence-corrected chi connectivity index (χ0v) is 13.6. The van der Waals surface area contributed by atoms with E-state index in [1.807, 2.05) is 0 Å². The SMILES string of the molecule is NC(=O)CSc1ccccc1C(=O)OCC(=O)c1cc(F)ccc1F. The highest BCUT2D eigenvalue weighted by atomic mass is 32.2. The first kappa shape index (κ1) is 18.6. The number of ether oxygens (including phenoxy) is 1.